The van der Waals surface area contributed by atoms with Crippen LogP contribution in [0.3, 0.4) is 0 Å². The van der Waals surface area contributed by atoms with Gasteiger partial charge < -0.3 is 15.5 Å². The second-order valence-electron chi connectivity index (χ2n) is 7.52. The number of hydrogen-bond donors (Lipinski definition) is 2. The maximum Gasteiger partial charge on any atom is 0.256 e. The Labute approximate surface area is 179 Å². The van der Waals surface area contributed by atoms with Crippen molar-refractivity contribution in [1.82, 2.24) is 10.2 Å². The number of anilines is 1. The van der Waals surface area contributed by atoms with Crippen LogP contribution in [0.4, 0.5) is 14.5 Å². The van der Waals surface area contributed by atoms with Crippen molar-refractivity contribution in [3.8, 4) is 0 Å². The van der Waals surface area contributed by atoms with Gasteiger partial charge in [0, 0.05) is 42.9 Å². The Bertz CT molecular complexity index is 972. The van der Waals surface area contributed by atoms with Crippen molar-refractivity contribution < 1.29 is 23.2 Å². The van der Waals surface area contributed by atoms with Crippen LogP contribution in [0, 0.1) is 17.6 Å². The molecule has 0 aliphatic carbocycles. The van der Waals surface area contributed by atoms with Gasteiger partial charge in [-0.15, -0.1) is 0 Å². The zero-order valence-corrected chi connectivity index (χ0v) is 17.3. The van der Waals surface area contributed by atoms with Gasteiger partial charge in [0.25, 0.3) is 11.8 Å². The normalized spacial score (nSPS) is 14.2. The van der Waals surface area contributed by atoms with Crippen LogP contribution in [0.2, 0.25) is 0 Å². The molecule has 2 aromatic rings. The molecule has 8 heteroatoms. The predicted octanol–water partition coefficient (Wildman–Crippen LogP) is 3.60. The second kappa shape index (κ2) is 10.1. The van der Waals surface area contributed by atoms with E-state index in [-0.39, 0.29) is 23.3 Å². The Balaban J connectivity index is 1.56. The third-order valence-electron chi connectivity index (χ3n) is 5.24. The van der Waals surface area contributed by atoms with Crippen molar-refractivity contribution in [2.24, 2.45) is 5.92 Å². The molecule has 31 heavy (non-hydrogen) atoms. The standard InChI is InChI=1S/C23H25F2N3O3/c1-2-10-26-21(29)16-4-3-5-18(13-16)27-22(30)15-8-11-28(12-9-15)23(31)19-7-6-17(24)14-20(19)25/h3-7,13-15H,2,8-12H2,1H3,(H,26,29)(H,27,30). The van der Waals surface area contributed by atoms with E-state index in [9.17, 15) is 23.2 Å². The van der Waals surface area contributed by atoms with Gasteiger partial charge in [0.05, 0.1) is 5.56 Å². The number of nitrogens with one attached hydrogen (secondary N) is 2. The van der Waals surface area contributed by atoms with Crippen LogP contribution in [0.5, 0.6) is 0 Å². The molecule has 3 amide bonds. The number of likely N-dealkylation sites (tertiary alicyclic amines) is 1. The van der Waals surface area contributed by atoms with Gasteiger partial charge in [-0.25, -0.2) is 8.78 Å². The largest absolute Gasteiger partial charge is 0.352 e. The summed E-state index contributed by atoms with van der Waals surface area (Å²) >= 11 is 0. The fraction of sp³-hybridized carbons (Fsp3) is 0.348. The first kappa shape index (κ1) is 22.4. The highest BCUT2D eigenvalue weighted by Gasteiger charge is 2.29. The van der Waals surface area contributed by atoms with E-state index in [0.29, 0.717) is 49.8 Å². The van der Waals surface area contributed by atoms with Crippen molar-refractivity contribution in [3.05, 3.63) is 65.2 Å². The van der Waals surface area contributed by atoms with Crippen LogP contribution in [0.15, 0.2) is 42.5 Å². The number of benzene rings is 2. The summed E-state index contributed by atoms with van der Waals surface area (Å²) in [7, 11) is 0. The predicted molar refractivity (Wildman–Crippen MR) is 113 cm³/mol. The van der Waals surface area contributed by atoms with E-state index in [1.165, 1.54) is 4.90 Å². The maximum atomic E-state index is 13.9. The van der Waals surface area contributed by atoms with E-state index in [4.69, 9.17) is 0 Å². The van der Waals surface area contributed by atoms with Crippen LogP contribution in [0.25, 0.3) is 0 Å². The van der Waals surface area contributed by atoms with Gasteiger partial charge >= 0.3 is 0 Å². The number of carbonyl (C=O) groups excluding carboxylic acids is 3. The van der Waals surface area contributed by atoms with Crippen molar-refractivity contribution in [1.29, 1.82) is 0 Å². The van der Waals surface area contributed by atoms with Gasteiger partial charge in [-0.05, 0) is 49.6 Å². The molecule has 1 saturated heterocycles. The highest BCUT2D eigenvalue weighted by atomic mass is 19.1. The van der Waals surface area contributed by atoms with Gasteiger partial charge in [-0.1, -0.05) is 13.0 Å². The summed E-state index contributed by atoms with van der Waals surface area (Å²) in [6.07, 6.45) is 1.69. The highest BCUT2D eigenvalue weighted by molar-refractivity contribution is 5.98. The fourth-order valence-corrected chi connectivity index (χ4v) is 3.50. The monoisotopic (exact) mass is 429 g/mol. The molecular weight excluding hydrogens is 404 g/mol. The number of amides is 3. The summed E-state index contributed by atoms with van der Waals surface area (Å²) in [4.78, 5) is 38.7. The topological polar surface area (TPSA) is 78.5 Å². The number of nitrogens with zero attached hydrogens (tertiary/aromatic N) is 1. The van der Waals surface area contributed by atoms with E-state index < -0.39 is 17.5 Å². The molecule has 0 aromatic heterocycles. The summed E-state index contributed by atoms with van der Waals surface area (Å²) in [5.74, 6) is -2.84. The molecule has 0 spiro atoms. The summed E-state index contributed by atoms with van der Waals surface area (Å²) in [5, 5.41) is 5.62. The number of halogens is 2. The van der Waals surface area contributed by atoms with Crippen molar-refractivity contribution in [2.75, 3.05) is 25.0 Å². The Hall–Kier alpha value is -3.29. The fourth-order valence-electron chi connectivity index (χ4n) is 3.50. The SMILES string of the molecule is CCCNC(=O)c1cccc(NC(=O)C2CCN(C(=O)c3ccc(F)cc3F)CC2)c1. The van der Waals surface area contributed by atoms with E-state index in [0.717, 1.165) is 18.6 Å². The molecule has 3 rings (SSSR count). The van der Waals surface area contributed by atoms with Crippen molar-refractivity contribution in [3.63, 3.8) is 0 Å². The summed E-state index contributed by atoms with van der Waals surface area (Å²) in [6.45, 7) is 3.14. The van der Waals surface area contributed by atoms with Crippen molar-refractivity contribution in [2.45, 2.75) is 26.2 Å². The first-order valence-electron chi connectivity index (χ1n) is 10.3. The molecular formula is C23H25F2N3O3. The van der Waals surface area contributed by atoms with Gasteiger partial charge in [0.2, 0.25) is 5.91 Å². The lowest BCUT2D eigenvalue weighted by Crippen LogP contribution is -2.41. The second-order valence-corrected chi connectivity index (χ2v) is 7.52. The highest BCUT2D eigenvalue weighted by Crippen LogP contribution is 2.22. The van der Waals surface area contributed by atoms with Crippen LogP contribution in [-0.4, -0.2) is 42.3 Å². The van der Waals surface area contributed by atoms with Crippen LogP contribution >= 0.6 is 0 Å². The molecule has 0 bridgehead atoms. The molecule has 0 unspecified atom stereocenters. The Morgan fingerprint density at radius 3 is 2.48 bits per heavy atom. The molecule has 6 nitrogen and oxygen atoms in total. The van der Waals surface area contributed by atoms with Gasteiger partial charge in [-0.2, -0.15) is 0 Å². The average molecular weight is 429 g/mol. The Morgan fingerprint density at radius 1 is 1.06 bits per heavy atom. The summed E-state index contributed by atoms with van der Waals surface area (Å²) < 4.78 is 26.9. The molecule has 0 radical (unpaired) electrons. The third-order valence-corrected chi connectivity index (χ3v) is 5.24. The molecule has 2 N–H and O–H groups in total. The smallest absolute Gasteiger partial charge is 0.256 e. The van der Waals surface area contributed by atoms with Gasteiger partial charge in [0.1, 0.15) is 11.6 Å². The molecule has 0 atom stereocenters. The van der Waals surface area contributed by atoms with Crippen molar-refractivity contribution >= 4 is 23.4 Å². The van der Waals surface area contributed by atoms with E-state index in [2.05, 4.69) is 10.6 Å². The number of carbonyl (C=O) groups is 3. The molecule has 164 valence electrons. The minimum atomic E-state index is -0.896. The minimum Gasteiger partial charge on any atom is -0.352 e. The zero-order valence-electron chi connectivity index (χ0n) is 17.3. The Morgan fingerprint density at radius 2 is 1.81 bits per heavy atom. The van der Waals surface area contributed by atoms with Gasteiger partial charge in [-0.3, -0.25) is 14.4 Å². The van der Waals surface area contributed by atoms with E-state index in [1.54, 1.807) is 24.3 Å². The lowest BCUT2D eigenvalue weighted by Gasteiger charge is -2.31. The van der Waals surface area contributed by atoms with E-state index in [1.807, 2.05) is 6.92 Å². The third kappa shape index (κ3) is 5.65. The Kier molecular flexibility index (Phi) is 7.33. The van der Waals surface area contributed by atoms with Crippen LogP contribution < -0.4 is 10.6 Å². The number of piperidine rings is 1. The number of hydrogen-bond acceptors (Lipinski definition) is 3. The average Bonchev–Trinajstić information content (AvgIpc) is 2.77. The first-order valence-corrected chi connectivity index (χ1v) is 10.3. The molecule has 0 saturated carbocycles. The lowest BCUT2D eigenvalue weighted by molar-refractivity contribution is -0.121. The number of rotatable bonds is 6. The van der Waals surface area contributed by atoms with E-state index >= 15 is 0 Å². The zero-order chi connectivity index (χ0) is 22.4. The molecule has 2 aromatic carbocycles. The maximum absolute atomic E-state index is 13.9. The first-order chi connectivity index (χ1) is 14.9. The van der Waals surface area contributed by atoms with Crippen LogP contribution in [-0.2, 0) is 4.79 Å². The molecule has 1 aliphatic rings. The quantitative estimate of drug-likeness (QED) is 0.737. The van der Waals surface area contributed by atoms with Gasteiger partial charge in [0.15, 0.2) is 0 Å². The molecule has 1 heterocycles. The molecule has 1 aliphatic heterocycles. The lowest BCUT2D eigenvalue weighted by atomic mass is 9.95. The molecule has 1 fully saturated rings. The minimum absolute atomic E-state index is 0.178. The summed E-state index contributed by atoms with van der Waals surface area (Å²) in [6, 6.07) is 9.59. The summed E-state index contributed by atoms with van der Waals surface area (Å²) in [5.41, 5.74) is 0.816. The van der Waals surface area contributed by atoms with Crippen LogP contribution in [0.1, 0.15) is 46.9 Å².